The predicted octanol–water partition coefficient (Wildman–Crippen LogP) is 3.88. The van der Waals surface area contributed by atoms with E-state index in [0.717, 1.165) is 34.6 Å². The van der Waals surface area contributed by atoms with Crippen LogP contribution in [0.15, 0.2) is 27.1 Å². The van der Waals surface area contributed by atoms with Crippen LogP contribution >= 0.6 is 31.9 Å². The summed E-state index contributed by atoms with van der Waals surface area (Å²) in [5.41, 5.74) is 0.482. The predicted molar refractivity (Wildman–Crippen MR) is 86.8 cm³/mol. The van der Waals surface area contributed by atoms with E-state index in [1.54, 1.807) is 6.07 Å². The number of hydrogen-bond donors (Lipinski definition) is 2. The van der Waals surface area contributed by atoms with Crippen LogP contribution in [0.2, 0.25) is 0 Å². The van der Waals surface area contributed by atoms with Crippen LogP contribution in [-0.4, -0.2) is 24.2 Å². The summed E-state index contributed by atoms with van der Waals surface area (Å²) < 4.78 is 1.65. The van der Waals surface area contributed by atoms with Crippen LogP contribution in [-0.2, 0) is 0 Å². The second-order valence-electron chi connectivity index (χ2n) is 5.53. The zero-order chi connectivity index (χ0) is 14.6. The summed E-state index contributed by atoms with van der Waals surface area (Å²) >= 11 is 6.77. The van der Waals surface area contributed by atoms with E-state index in [2.05, 4.69) is 37.2 Å². The number of nitrogens with one attached hydrogen (secondary N) is 1. The van der Waals surface area contributed by atoms with Crippen LogP contribution < -0.4 is 5.32 Å². The molecule has 20 heavy (non-hydrogen) atoms. The summed E-state index contributed by atoms with van der Waals surface area (Å²) in [6.45, 7) is 0.689. The van der Waals surface area contributed by atoms with Gasteiger partial charge < -0.3 is 10.4 Å². The van der Waals surface area contributed by atoms with Gasteiger partial charge in [-0.05, 0) is 47.0 Å². The van der Waals surface area contributed by atoms with Gasteiger partial charge in [0.25, 0.3) is 5.91 Å². The fraction of sp³-hybridized carbons (Fsp3) is 0.533. The van der Waals surface area contributed by atoms with Gasteiger partial charge in [0, 0.05) is 20.9 Å². The summed E-state index contributed by atoms with van der Waals surface area (Å²) in [4.78, 5) is 12.3. The molecule has 1 aromatic rings. The van der Waals surface area contributed by atoms with Crippen LogP contribution in [0, 0.1) is 5.41 Å². The molecule has 0 saturated heterocycles. The minimum absolute atomic E-state index is 0.100. The number of amides is 1. The SMILES string of the molecule is O=C(NCC1(CO)CCCCC1)c1cc(Br)ccc1Br. The Labute approximate surface area is 136 Å². The average molecular weight is 405 g/mol. The third kappa shape index (κ3) is 3.83. The Balaban J connectivity index is 2.02. The van der Waals surface area contributed by atoms with Gasteiger partial charge in [0.2, 0.25) is 0 Å². The normalized spacial score (nSPS) is 17.8. The molecule has 0 aromatic heterocycles. The first-order valence-corrected chi connectivity index (χ1v) is 8.49. The fourth-order valence-electron chi connectivity index (χ4n) is 2.73. The molecule has 2 rings (SSSR count). The van der Waals surface area contributed by atoms with E-state index in [4.69, 9.17) is 0 Å². The lowest BCUT2D eigenvalue weighted by atomic mass is 9.74. The Kier molecular flexibility index (Phi) is 5.64. The Bertz CT molecular complexity index is 485. The van der Waals surface area contributed by atoms with Crippen molar-refractivity contribution in [2.24, 2.45) is 5.41 Å². The van der Waals surface area contributed by atoms with E-state index in [0.29, 0.717) is 12.1 Å². The number of hydrogen-bond acceptors (Lipinski definition) is 2. The maximum absolute atomic E-state index is 12.3. The molecule has 1 aliphatic carbocycles. The Morgan fingerprint density at radius 2 is 1.95 bits per heavy atom. The second kappa shape index (κ2) is 7.05. The summed E-state index contributed by atoms with van der Waals surface area (Å²) in [5, 5.41) is 12.6. The van der Waals surface area contributed by atoms with Crippen molar-refractivity contribution in [3.8, 4) is 0 Å². The van der Waals surface area contributed by atoms with E-state index >= 15 is 0 Å². The number of aliphatic hydroxyl groups excluding tert-OH is 1. The molecule has 0 atom stereocenters. The zero-order valence-corrected chi connectivity index (χ0v) is 14.5. The molecule has 0 aliphatic heterocycles. The molecular weight excluding hydrogens is 386 g/mol. The van der Waals surface area contributed by atoms with E-state index in [1.807, 2.05) is 12.1 Å². The number of halogens is 2. The van der Waals surface area contributed by atoms with Gasteiger partial charge in [0.1, 0.15) is 0 Å². The molecule has 0 radical (unpaired) electrons. The van der Waals surface area contributed by atoms with Gasteiger partial charge >= 0.3 is 0 Å². The number of carbonyl (C=O) groups is 1. The van der Waals surface area contributed by atoms with Gasteiger partial charge in [-0.1, -0.05) is 35.2 Å². The molecule has 5 heteroatoms. The highest BCUT2D eigenvalue weighted by Crippen LogP contribution is 2.35. The molecule has 0 unspecified atom stereocenters. The van der Waals surface area contributed by atoms with E-state index < -0.39 is 0 Å². The maximum atomic E-state index is 12.3. The highest BCUT2D eigenvalue weighted by molar-refractivity contribution is 9.11. The summed E-state index contributed by atoms with van der Waals surface area (Å²) in [6, 6.07) is 5.53. The monoisotopic (exact) mass is 403 g/mol. The molecule has 1 fully saturated rings. The highest BCUT2D eigenvalue weighted by Gasteiger charge is 2.31. The fourth-order valence-corrected chi connectivity index (χ4v) is 3.51. The molecular formula is C15H19Br2NO2. The lowest BCUT2D eigenvalue weighted by Crippen LogP contribution is -2.41. The van der Waals surface area contributed by atoms with Crippen molar-refractivity contribution in [1.82, 2.24) is 5.32 Å². The molecule has 3 nitrogen and oxygen atoms in total. The van der Waals surface area contributed by atoms with Crippen molar-refractivity contribution >= 4 is 37.8 Å². The molecule has 0 spiro atoms. The molecule has 2 N–H and O–H groups in total. The molecule has 1 aromatic carbocycles. The van der Waals surface area contributed by atoms with Crippen LogP contribution in [0.4, 0.5) is 0 Å². The van der Waals surface area contributed by atoms with E-state index in [9.17, 15) is 9.90 Å². The molecule has 1 saturated carbocycles. The van der Waals surface area contributed by atoms with Crippen molar-refractivity contribution in [3.63, 3.8) is 0 Å². The van der Waals surface area contributed by atoms with Gasteiger partial charge in [-0.2, -0.15) is 0 Å². The maximum Gasteiger partial charge on any atom is 0.252 e. The third-order valence-corrected chi connectivity index (χ3v) is 5.23. The highest BCUT2D eigenvalue weighted by atomic mass is 79.9. The van der Waals surface area contributed by atoms with Gasteiger partial charge in [0.15, 0.2) is 0 Å². The smallest absolute Gasteiger partial charge is 0.252 e. The Morgan fingerprint density at radius 3 is 2.60 bits per heavy atom. The van der Waals surface area contributed by atoms with Crippen molar-refractivity contribution in [3.05, 3.63) is 32.7 Å². The van der Waals surface area contributed by atoms with Crippen LogP contribution in [0.1, 0.15) is 42.5 Å². The van der Waals surface area contributed by atoms with Crippen LogP contribution in [0.25, 0.3) is 0 Å². The Hall–Kier alpha value is -0.390. The first-order chi connectivity index (χ1) is 9.56. The minimum Gasteiger partial charge on any atom is -0.396 e. The number of benzene rings is 1. The van der Waals surface area contributed by atoms with Crippen molar-refractivity contribution in [1.29, 1.82) is 0 Å². The van der Waals surface area contributed by atoms with Crippen LogP contribution in [0.5, 0.6) is 0 Å². The number of rotatable bonds is 4. The molecule has 0 bridgehead atoms. The zero-order valence-electron chi connectivity index (χ0n) is 11.3. The first-order valence-electron chi connectivity index (χ1n) is 6.90. The number of carbonyl (C=O) groups excluding carboxylic acids is 1. The second-order valence-corrected chi connectivity index (χ2v) is 7.30. The Morgan fingerprint density at radius 1 is 1.25 bits per heavy atom. The van der Waals surface area contributed by atoms with Crippen molar-refractivity contribution in [2.75, 3.05) is 13.2 Å². The molecule has 1 aliphatic rings. The average Bonchev–Trinajstić information content (AvgIpc) is 2.48. The first kappa shape index (κ1) is 16.0. The van der Waals surface area contributed by atoms with E-state index in [-0.39, 0.29) is 17.9 Å². The van der Waals surface area contributed by atoms with Gasteiger partial charge in [-0.25, -0.2) is 0 Å². The largest absolute Gasteiger partial charge is 0.396 e. The lowest BCUT2D eigenvalue weighted by molar-refractivity contribution is 0.0717. The summed E-state index contributed by atoms with van der Waals surface area (Å²) in [7, 11) is 0. The number of aliphatic hydroxyl groups is 1. The molecule has 0 heterocycles. The quantitative estimate of drug-likeness (QED) is 0.799. The standard InChI is InChI=1S/C15H19Br2NO2/c16-11-4-5-13(17)12(8-11)14(20)18-9-15(10-19)6-2-1-3-7-15/h4-5,8,19H,1-3,6-7,9-10H2,(H,18,20). The van der Waals surface area contributed by atoms with Gasteiger partial charge in [-0.15, -0.1) is 0 Å². The van der Waals surface area contributed by atoms with Gasteiger partial charge in [-0.3, -0.25) is 4.79 Å². The van der Waals surface area contributed by atoms with E-state index in [1.165, 1.54) is 6.42 Å². The van der Waals surface area contributed by atoms with Gasteiger partial charge in [0.05, 0.1) is 12.2 Å². The molecule has 1 amide bonds. The topological polar surface area (TPSA) is 49.3 Å². The summed E-state index contributed by atoms with van der Waals surface area (Å²) in [6.07, 6.45) is 5.48. The lowest BCUT2D eigenvalue weighted by Gasteiger charge is -2.35. The minimum atomic E-state index is -0.133. The summed E-state index contributed by atoms with van der Waals surface area (Å²) in [5.74, 6) is -0.100. The van der Waals surface area contributed by atoms with Crippen molar-refractivity contribution in [2.45, 2.75) is 32.1 Å². The molecule has 110 valence electrons. The third-order valence-electron chi connectivity index (χ3n) is 4.05. The van der Waals surface area contributed by atoms with Crippen LogP contribution in [0.3, 0.4) is 0 Å². The van der Waals surface area contributed by atoms with Crippen molar-refractivity contribution < 1.29 is 9.90 Å².